The third-order valence-electron chi connectivity index (χ3n) is 2.01. The molecule has 0 bridgehead atoms. The number of urea groups is 1. The van der Waals surface area contributed by atoms with Crippen LogP contribution in [0.1, 0.15) is 5.56 Å². The standard InChI is InChI=1S/C11H15FN2O/c1-14(2)11(15)13-8-7-9-3-5-10(12)6-4-9/h3-6H,7-8H2,1-2H3,(H,13,15). The van der Waals surface area contributed by atoms with Gasteiger partial charge in [-0.05, 0) is 24.1 Å². The van der Waals surface area contributed by atoms with Crippen molar-refractivity contribution in [2.24, 2.45) is 0 Å². The Kier molecular flexibility index (Phi) is 4.09. The summed E-state index contributed by atoms with van der Waals surface area (Å²) in [6.07, 6.45) is 0.708. The van der Waals surface area contributed by atoms with Gasteiger partial charge < -0.3 is 10.2 Å². The van der Waals surface area contributed by atoms with Gasteiger partial charge in [0.15, 0.2) is 0 Å². The summed E-state index contributed by atoms with van der Waals surface area (Å²) in [6.45, 7) is 0.558. The fourth-order valence-corrected chi connectivity index (χ4v) is 1.12. The average molecular weight is 210 g/mol. The van der Waals surface area contributed by atoms with Gasteiger partial charge in [-0.3, -0.25) is 0 Å². The molecule has 1 rings (SSSR count). The third kappa shape index (κ3) is 3.97. The number of carbonyl (C=O) groups is 1. The number of nitrogens with zero attached hydrogens (tertiary/aromatic N) is 1. The summed E-state index contributed by atoms with van der Waals surface area (Å²) in [5.41, 5.74) is 1.01. The van der Waals surface area contributed by atoms with E-state index in [0.29, 0.717) is 13.0 Å². The molecule has 0 saturated carbocycles. The Bertz CT molecular complexity index is 322. The van der Waals surface area contributed by atoms with Gasteiger partial charge >= 0.3 is 6.03 Å². The Hall–Kier alpha value is -1.58. The van der Waals surface area contributed by atoms with Crippen LogP contribution in [0, 0.1) is 5.82 Å². The SMILES string of the molecule is CN(C)C(=O)NCCc1ccc(F)cc1. The van der Waals surface area contributed by atoms with Gasteiger partial charge in [0.1, 0.15) is 5.82 Å². The molecule has 1 aromatic carbocycles. The maximum atomic E-state index is 12.6. The van der Waals surface area contributed by atoms with E-state index in [1.54, 1.807) is 26.2 Å². The van der Waals surface area contributed by atoms with Crippen LogP contribution in [0.5, 0.6) is 0 Å². The van der Waals surface area contributed by atoms with Gasteiger partial charge in [0.25, 0.3) is 0 Å². The fraction of sp³-hybridized carbons (Fsp3) is 0.364. The Morgan fingerprint density at radius 3 is 2.47 bits per heavy atom. The Labute approximate surface area is 88.9 Å². The summed E-state index contributed by atoms with van der Waals surface area (Å²) >= 11 is 0. The summed E-state index contributed by atoms with van der Waals surface area (Å²) in [7, 11) is 3.38. The summed E-state index contributed by atoms with van der Waals surface area (Å²) in [5.74, 6) is -0.240. The van der Waals surface area contributed by atoms with E-state index in [2.05, 4.69) is 5.32 Å². The molecule has 1 aromatic rings. The van der Waals surface area contributed by atoms with Gasteiger partial charge in [-0.2, -0.15) is 0 Å². The van der Waals surface area contributed by atoms with Crippen LogP contribution in [-0.2, 0) is 6.42 Å². The fourth-order valence-electron chi connectivity index (χ4n) is 1.12. The largest absolute Gasteiger partial charge is 0.338 e. The lowest BCUT2D eigenvalue weighted by molar-refractivity contribution is 0.217. The number of benzene rings is 1. The molecular formula is C11H15FN2O. The monoisotopic (exact) mass is 210 g/mol. The molecule has 0 unspecified atom stereocenters. The molecule has 2 amide bonds. The van der Waals surface area contributed by atoms with Crippen LogP contribution in [0.2, 0.25) is 0 Å². The molecular weight excluding hydrogens is 195 g/mol. The summed E-state index contributed by atoms with van der Waals surface area (Å²) in [6, 6.07) is 6.16. The van der Waals surface area contributed by atoms with Crippen LogP contribution in [0.4, 0.5) is 9.18 Å². The molecule has 82 valence electrons. The Morgan fingerprint density at radius 1 is 1.33 bits per heavy atom. The molecule has 0 aliphatic heterocycles. The first-order chi connectivity index (χ1) is 7.09. The lowest BCUT2D eigenvalue weighted by Crippen LogP contribution is -2.35. The average Bonchev–Trinajstić information content (AvgIpc) is 2.20. The van der Waals surface area contributed by atoms with Gasteiger partial charge in [0.05, 0.1) is 0 Å². The van der Waals surface area contributed by atoms with E-state index in [9.17, 15) is 9.18 Å². The number of hydrogen-bond acceptors (Lipinski definition) is 1. The molecule has 4 heteroatoms. The molecule has 0 fully saturated rings. The van der Waals surface area contributed by atoms with Crippen molar-refractivity contribution in [2.75, 3.05) is 20.6 Å². The minimum atomic E-state index is -0.240. The molecule has 0 saturated heterocycles. The molecule has 0 spiro atoms. The first-order valence-electron chi connectivity index (χ1n) is 4.79. The predicted octanol–water partition coefficient (Wildman–Crippen LogP) is 1.64. The highest BCUT2D eigenvalue weighted by Gasteiger charge is 2.01. The third-order valence-corrected chi connectivity index (χ3v) is 2.01. The summed E-state index contributed by atoms with van der Waals surface area (Å²) < 4.78 is 12.6. The predicted molar refractivity (Wildman–Crippen MR) is 57.2 cm³/mol. The van der Waals surface area contributed by atoms with Crippen LogP contribution in [0.25, 0.3) is 0 Å². The smallest absolute Gasteiger partial charge is 0.316 e. The number of halogens is 1. The molecule has 0 aliphatic rings. The van der Waals surface area contributed by atoms with Crippen molar-refractivity contribution in [1.82, 2.24) is 10.2 Å². The van der Waals surface area contributed by atoms with Crippen LogP contribution >= 0.6 is 0 Å². The molecule has 0 aliphatic carbocycles. The highest BCUT2D eigenvalue weighted by atomic mass is 19.1. The number of hydrogen-bond donors (Lipinski definition) is 1. The zero-order chi connectivity index (χ0) is 11.3. The Morgan fingerprint density at radius 2 is 1.93 bits per heavy atom. The van der Waals surface area contributed by atoms with Crippen molar-refractivity contribution in [1.29, 1.82) is 0 Å². The van der Waals surface area contributed by atoms with Gasteiger partial charge in [0.2, 0.25) is 0 Å². The summed E-state index contributed by atoms with van der Waals surface area (Å²) in [4.78, 5) is 12.6. The number of amides is 2. The van der Waals surface area contributed by atoms with E-state index in [-0.39, 0.29) is 11.8 Å². The second-order valence-corrected chi connectivity index (χ2v) is 3.50. The van der Waals surface area contributed by atoms with Crippen LogP contribution in [0.15, 0.2) is 24.3 Å². The normalized spacial score (nSPS) is 9.80. The highest BCUT2D eigenvalue weighted by Crippen LogP contribution is 2.02. The van der Waals surface area contributed by atoms with Crippen LogP contribution in [0.3, 0.4) is 0 Å². The van der Waals surface area contributed by atoms with E-state index < -0.39 is 0 Å². The van der Waals surface area contributed by atoms with Crippen molar-refractivity contribution in [3.05, 3.63) is 35.6 Å². The molecule has 15 heavy (non-hydrogen) atoms. The van der Waals surface area contributed by atoms with Crippen molar-refractivity contribution in [3.8, 4) is 0 Å². The van der Waals surface area contributed by atoms with Crippen molar-refractivity contribution in [3.63, 3.8) is 0 Å². The van der Waals surface area contributed by atoms with Gasteiger partial charge in [-0.25, -0.2) is 9.18 Å². The molecule has 1 N–H and O–H groups in total. The maximum absolute atomic E-state index is 12.6. The zero-order valence-corrected chi connectivity index (χ0v) is 8.96. The molecule has 3 nitrogen and oxygen atoms in total. The zero-order valence-electron chi connectivity index (χ0n) is 8.96. The van der Waals surface area contributed by atoms with E-state index in [1.807, 2.05) is 0 Å². The second kappa shape index (κ2) is 5.34. The maximum Gasteiger partial charge on any atom is 0.316 e. The minimum absolute atomic E-state index is 0.114. The number of carbonyl (C=O) groups excluding carboxylic acids is 1. The molecule has 0 radical (unpaired) electrons. The topological polar surface area (TPSA) is 32.3 Å². The van der Waals surface area contributed by atoms with Crippen LogP contribution in [-0.4, -0.2) is 31.6 Å². The summed E-state index contributed by atoms with van der Waals surface area (Å²) in [5, 5.41) is 2.74. The molecule has 0 atom stereocenters. The first kappa shape index (κ1) is 11.5. The van der Waals surface area contributed by atoms with E-state index in [0.717, 1.165) is 5.56 Å². The van der Waals surface area contributed by atoms with E-state index >= 15 is 0 Å². The quantitative estimate of drug-likeness (QED) is 0.808. The first-order valence-corrected chi connectivity index (χ1v) is 4.79. The van der Waals surface area contributed by atoms with Gasteiger partial charge in [-0.15, -0.1) is 0 Å². The number of rotatable bonds is 3. The van der Waals surface area contributed by atoms with E-state index in [1.165, 1.54) is 17.0 Å². The lowest BCUT2D eigenvalue weighted by Gasteiger charge is -2.11. The van der Waals surface area contributed by atoms with Crippen LogP contribution < -0.4 is 5.32 Å². The van der Waals surface area contributed by atoms with Gasteiger partial charge in [-0.1, -0.05) is 12.1 Å². The minimum Gasteiger partial charge on any atom is -0.338 e. The molecule has 0 heterocycles. The lowest BCUT2D eigenvalue weighted by atomic mass is 10.1. The Balaban J connectivity index is 2.32. The van der Waals surface area contributed by atoms with Crippen molar-refractivity contribution < 1.29 is 9.18 Å². The van der Waals surface area contributed by atoms with Crippen molar-refractivity contribution >= 4 is 6.03 Å². The molecule has 0 aromatic heterocycles. The highest BCUT2D eigenvalue weighted by molar-refractivity contribution is 5.73. The van der Waals surface area contributed by atoms with Crippen molar-refractivity contribution in [2.45, 2.75) is 6.42 Å². The van der Waals surface area contributed by atoms with Gasteiger partial charge in [0, 0.05) is 20.6 Å². The second-order valence-electron chi connectivity index (χ2n) is 3.50. The number of nitrogens with one attached hydrogen (secondary N) is 1. The van der Waals surface area contributed by atoms with E-state index in [4.69, 9.17) is 0 Å².